The minimum absolute atomic E-state index is 0.102. The van der Waals surface area contributed by atoms with Gasteiger partial charge in [-0.05, 0) is 25.0 Å². The Bertz CT molecular complexity index is 598. The van der Waals surface area contributed by atoms with Gasteiger partial charge in [0.05, 0.1) is 6.26 Å². The van der Waals surface area contributed by atoms with Crippen molar-refractivity contribution in [2.75, 3.05) is 19.3 Å². The van der Waals surface area contributed by atoms with Gasteiger partial charge in [0.15, 0.2) is 0 Å². The zero-order valence-electron chi connectivity index (χ0n) is 11.0. The van der Waals surface area contributed by atoms with Crippen LogP contribution in [0.15, 0.2) is 18.3 Å². The van der Waals surface area contributed by atoms with E-state index in [0.717, 1.165) is 6.26 Å². The van der Waals surface area contributed by atoms with Gasteiger partial charge >= 0.3 is 0 Å². The maximum atomic E-state index is 12.2. The van der Waals surface area contributed by atoms with Crippen LogP contribution in [-0.2, 0) is 10.0 Å². The SMILES string of the molecule is CS(=O)(=O)NC1CCN(C(=O)c2ccnc(Cl)c2)CC1. The summed E-state index contributed by atoms with van der Waals surface area (Å²) in [5, 5.41) is 0.282. The first-order valence-electron chi connectivity index (χ1n) is 6.23. The van der Waals surface area contributed by atoms with Crippen LogP contribution in [0.2, 0.25) is 5.15 Å². The van der Waals surface area contributed by atoms with Crippen molar-refractivity contribution in [1.29, 1.82) is 0 Å². The predicted molar refractivity (Wildman–Crippen MR) is 76.2 cm³/mol. The fourth-order valence-electron chi connectivity index (χ4n) is 2.22. The summed E-state index contributed by atoms with van der Waals surface area (Å²) >= 11 is 5.77. The lowest BCUT2D eigenvalue weighted by atomic mass is 10.1. The minimum Gasteiger partial charge on any atom is -0.339 e. The first kappa shape index (κ1) is 15.2. The molecule has 1 aromatic heterocycles. The zero-order chi connectivity index (χ0) is 14.8. The molecular formula is C12H16ClN3O3S. The second-order valence-corrected chi connectivity index (χ2v) is 6.99. The number of halogens is 1. The summed E-state index contributed by atoms with van der Waals surface area (Å²) in [5.41, 5.74) is 0.500. The molecule has 0 aromatic carbocycles. The van der Waals surface area contributed by atoms with E-state index in [4.69, 9.17) is 11.6 Å². The standard InChI is InChI=1S/C12H16ClN3O3S/c1-20(18,19)15-10-3-6-16(7-4-10)12(17)9-2-5-14-11(13)8-9/h2,5,8,10,15H,3-4,6-7H2,1H3. The highest BCUT2D eigenvalue weighted by Crippen LogP contribution is 2.15. The van der Waals surface area contributed by atoms with E-state index in [1.165, 1.54) is 12.3 Å². The molecule has 0 unspecified atom stereocenters. The van der Waals surface area contributed by atoms with Gasteiger partial charge in [0, 0.05) is 30.9 Å². The summed E-state index contributed by atoms with van der Waals surface area (Å²) in [6.07, 6.45) is 3.85. The molecule has 2 heterocycles. The number of carbonyl (C=O) groups is 1. The fourth-order valence-corrected chi connectivity index (χ4v) is 3.24. The van der Waals surface area contributed by atoms with E-state index in [0.29, 0.717) is 31.5 Å². The van der Waals surface area contributed by atoms with Gasteiger partial charge in [-0.3, -0.25) is 4.79 Å². The van der Waals surface area contributed by atoms with E-state index in [2.05, 4.69) is 9.71 Å². The summed E-state index contributed by atoms with van der Waals surface area (Å²) in [6, 6.07) is 3.05. The molecule has 0 spiro atoms. The molecule has 1 aliphatic heterocycles. The lowest BCUT2D eigenvalue weighted by Gasteiger charge is -2.32. The lowest BCUT2D eigenvalue weighted by molar-refractivity contribution is 0.0711. The smallest absolute Gasteiger partial charge is 0.254 e. The quantitative estimate of drug-likeness (QED) is 0.840. The van der Waals surface area contributed by atoms with Crippen molar-refractivity contribution in [3.8, 4) is 0 Å². The third kappa shape index (κ3) is 4.16. The van der Waals surface area contributed by atoms with Gasteiger partial charge in [0.1, 0.15) is 5.15 Å². The number of amides is 1. The Hall–Kier alpha value is -1.18. The molecule has 8 heteroatoms. The molecule has 0 saturated carbocycles. The number of likely N-dealkylation sites (tertiary alicyclic amines) is 1. The van der Waals surface area contributed by atoms with Crippen LogP contribution in [0.25, 0.3) is 0 Å². The van der Waals surface area contributed by atoms with Gasteiger partial charge in [-0.15, -0.1) is 0 Å². The Balaban J connectivity index is 1.95. The number of carbonyl (C=O) groups excluding carboxylic acids is 1. The second kappa shape index (κ2) is 6.07. The summed E-state index contributed by atoms with van der Waals surface area (Å²) in [7, 11) is -3.20. The van der Waals surface area contributed by atoms with E-state index in [9.17, 15) is 13.2 Å². The van der Waals surface area contributed by atoms with Crippen molar-refractivity contribution in [1.82, 2.24) is 14.6 Å². The lowest BCUT2D eigenvalue weighted by Crippen LogP contribution is -2.46. The number of sulfonamides is 1. The summed E-state index contributed by atoms with van der Waals surface area (Å²) < 4.78 is 24.9. The highest BCUT2D eigenvalue weighted by molar-refractivity contribution is 7.88. The van der Waals surface area contributed by atoms with Crippen molar-refractivity contribution < 1.29 is 13.2 Å². The summed E-state index contributed by atoms with van der Waals surface area (Å²) in [5.74, 6) is -0.105. The molecule has 0 radical (unpaired) electrons. The van der Waals surface area contributed by atoms with Gasteiger partial charge in [-0.2, -0.15) is 0 Å². The average molecular weight is 318 g/mol. The van der Waals surface area contributed by atoms with Crippen LogP contribution in [0.3, 0.4) is 0 Å². The van der Waals surface area contributed by atoms with Crippen molar-refractivity contribution in [3.05, 3.63) is 29.0 Å². The summed E-state index contributed by atoms with van der Waals surface area (Å²) in [6.45, 7) is 1.04. The van der Waals surface area contributed by atoms with Gasteiger partial charge in [-0.25, -0.2) is 18.1 Å². The fraction of sp³-hybridized carbons (Fsp3) is 0.500. The van der Waals surface area contributed by atoms with Crippen LogP contribution >= 0.6 is 11.6 Å². The highest BCUT2D eigenvalue weighted by atomic mass is 35.5. The molecule has 1 fully saturated rings. The number of pyridine rings is 1. The third-order valence-corrected chi connectivity index (χ3v) is 4.10. The maximum absolute atomic E-state index is 12.2. The molecule has 0 atom stereocenters. The Labute approximate surface area is 123 Å². The average Bonchev–Trinajstić information content (AvgIpc) is 2.37. The molecule has 0 bridgehead atoms. The number of nitrogens with zero attached hydrogens (tertiary/aromatic N) is 2. The van der Waals surface area contributed by atoms with Crippen molar-refractivity contribution in [2.24, 2.45) is 0 Å². The Kier molecular flexibility index (Phi) is 4.62. The number of rotatable bonds is 3. The van der Waals surface area contributed by atoms with E-state index < -0.39 is 10.0 Å². The van der Waals surface area contributed by atoms with Crippen LogP contribution in [0.5, 0.6) is 0 Å². The highest BCUT2D eigenvalue weighted by Gasteiger charge is 2.25. The Morgan fingerprint density at radius 1 is 1.45 bits per heavy atom. The van der Waals surface area contributed by atoms with Gasteiger partial charge < -0.3 is 4.90 Å². The molecule has 2 rings (SSSR count). The van der Waals surface area contributed by atoms with Crippen molar-refractivity contribution in [2.45, 2.75) is 18.9 Å². The van der Waals surface area contributed by atoms with Crippen molar-refractivity contribution >= 4 is 27.5 Å². The number of aromatic nitrogens is 1. The van der Waals surface area contributed by atoms with Crippen LogP contribution < -0.4 is 4.72 Å². The molecule has 1 aliphatic rings. The van der Waals surface area contributed by atoms with Gasteiger partial charge in [0.25, 0.3) is 5.91 Å². The first-order valence-corrected chi connectivity index (χ1v) is 8.50. The topological polar surface area (TPSA) is 79.4 Å². The van der Waals surface area contributed by atoms with Crippen LogP contribution in [0, 0.1) is 0 Å². The Morgan fingerprint density at radius 3 is 2.65 bits per heavy atom. The van der Waals surface area contributed by atoms with E-state index in [-0.39, 0.29) is 17.1 Å². The molecule has 1 N–H and O–H groups in total. The van der Waals surface area contributed by atoms with E-state index in [1.807, 2.05) is 0 Å². The van der Waals surface area contributed by atoms with Crippen molar-refractivity contribution in [3.63, 3.8) is 0 Å². The van der Waals surface area contributed by atoms with Gasteiger partial charge in [-0.1, -0.05) is 11.6 Å². The summed E-state index contributed by atoms with van der Waals surface area (Å²) in [4.78, 5) is 17.8. The number of hydrogen-bond acceptors (Lipinski definition) is 4. The molecule has 1 saturated heterocycles. The van der Waals surface area contributed by atoms with Gasteiger partial charge in [0.2, 0.25) is 10.0 Å². The van der Waals surface area contributed by atoms with Crippen LogP contribution in [0.4, 0.5) is 0 Å². The normalized spacial score (nSPS) is 17.2. The Morgan fingerprint density at radius 2 is 2.10 bits per heavy atom. The van der Waals surface area contributed by atoms with Crippen LogP contribution in [-0.4, -0.2) is 49.6 Å². The first-order chi connectivity index (χ1) is 9.35. The monoisotopic (exact) mass is 317 g/mol. The predicted octanol–water partition coefficient (Wildman–Crippen LogP) is 0.889. The molecule has 1 aromatic rings. The molecule has 0 aliphatic carbocycles. The molecule has 20 heavy (non-hydrogen) atoms. The van der Waals surface area contributed by atoms with E-state index in [1.54, 1.807) is 11.0 Å². The maximum Gasteiger partial charge on any atom is 0.254 e. The molecule has 1 amide bonds. The number of hydrogen-bond donors (Lipinski definition) is 1. The minimum atomic E-state index is -3.20. The van der Waals surface area contributed by atoms with E-state index >= 15 is 0 Å². The number of piperidine rings is 1. The largest absolute Gasteiger partial charge is 0.339 e. The zero-order valence-corrected chi connectivity index (χ0v) is 12.6. The molecular weight excluding hydrogens is 302 g/mol. The third-order valence-electron chi connectivity index (χ3n) is 3.14. The second-order valence-electron chi connectivity index (χ2n) is 4.82. The molecule has 6 nitrogen and oxygen atoms in total. The molecule has 110 valence electrons. The number of nitrogens with one attached hydrogen (secondary N) is 1. The van der Waals surface area contributed by atoms with Crippen LogP contribution in [0.1, 0.15) is 23.2 Å².